The molecule has 1 aromatic rings. The molecule has 0 saturated carbocycles. The molecule has 0 saturated heterocycles. The van der Waals surface area contributed by atoms with Crippen LogP contribution in [0.4, 0.5) is 0 Å². The molecule has 0 bridgehead atoms. The molecule has 2 atom stereocenters. The number of sulfone groups is 1. The highest BCUT2D eigenvalue weighted by Crippen LogP contribution is 2.26. The fraction of sp³-hybridized carbons (Fsp3) is 0.400. The molecule has 15 heavy (non-hydrogen) atoms. The summed E-state index contributed by atoms with van der Waals surface area (Å²) in [5, 5.41) is 9.79. The second kappa shape index (κ2) is 4.63. The molecule has 1 rings (SSSR count). The van der Waals surface area contributed by atoms with Crippen molar-refractivity contribution >= 4 is 25.8 Å². The van der Waals surface area contributed by atoms with E-state index in [1.54, 1.807) is 12.1 Å². The van der Waals surface area contributed by atoms with Crippen LogP contribution in [0.2, 0.25) is 0 Å². The van der Waals surface area contributed by atoms with Crippen molar-refractivity contribution in [2.45, 2.75) is 17.2 Å². The van der Waals surface area contributed by atoms with Crippen molar-refractivity contribution in [1.82, 2.24) is 0 Å². The summed E-state index contributed by atoms with van der Waals surface area (Å²) in [5.41, 5.74) is 1.66. The van der Waals surface area contributed by atoms with Gasteiger partial charge in [0.2, 0.25) is 0 Å². The minimum Gasteiger partial charge on any atom is -0.386 e. The summed E-state index contributed by atoms with van der Waals surface area (Å²) < 4.78 is 21.4. The maximum absolute atomic E-state index is 11.2. The van der Waals surface area contributed by atoms with Crippen LogP contribution in [-0.4, -0.2) is 23.9 Å². The van der Waals surface area contributed by atoms with E-state index in [4.69, 9.17) is 0 Å². The standard InChI is InChI=1S/C10H13BrO3S/c1-7-3-5-8(6-4-7)9(12)10(11)15(2,13)14/h3-6,9-10,12H,1-2H3/t9-,10+/m0/s1. The van der Waals surface area contributed by atoms with E-state index in [0.717, 1.165) is 11.8 Å². The lowest BCUT2D eigenvalue weighted by Gasteiger charge is -2.16. The molecule has 0 aliphatic carbocycles. The molecule has 1 aromatic carbocycles. The number of alkyl halides is 1. The zero-order chi connectivity index (χ0) is 11.6. The van der Waals surface area contributed by atoms with E-state index >= 15 is 0 Å². The van der Waals surface area contributed by atoms with Gasteiger partial charge in [0.25, 0.3) is 0 Å². The highest BCUT2D eigenvalue weighted by molar-refractivity contribution is 9.11. The first-order valence-electron chi connectivity index (χ1n) is 4.40. The lowest BCUT2D eigenvalue weighted by Crippen LogP contribution is -2.21. The van der Waals surface area contributed by atoms with Crippen LogP contribution in [0.25, 0.3) is 0 Å². The van der Waals surface area contributed by atoms with E-state index < -0.39 is 20.1 Å². The van der Waals surface area contributed by atoms with Crippen molar-refractivity contribution in [3.63, 3.8) is 0 Å². The smallest absolute Gasteiger partial charge is 0.163 e. The summed E-state index contributed by atoms with van der Waals surface area (Å²) in [6, 6.07) is 7.11. The lowest BCUT2D eigenvalue weighted by molar-refractivity contribution is 0.195. The lowest BCUT2D eigenvalue weighted by atomic mass is 10.1. The van der Waals surface area contributed by atoms with E-state index in [-0.39, 0.29) is 0 Å². The Hall–Kier alpha value is -0.390. The fourth-order valence-corrected chi connectivity index (χ4v) is 2.08. The summed E-state index contributed by atoms with van der Waals surface area (Å²) in [6.07, 6.45) is 0.0460. The third-order valence-corrected chi connectivity index (χ3v) is 5.69. The van der Waals surface area contributed by atoms with Gasteiger partial charge in [0, 0.05) is 6.26 Å². The first-order valence-corrected chi connectivity index (χ1v) is 7.27. The Morgan fingerprint density at radius 3 is 2.13 bits per heavy atom. The van der Waals surface area contributed by atoms with E-state index in [1.165, 1.54) is 0 Å². The third kappa shape index (κ3) is 3.29. The Kier molecular flexibility index (Phi) is 3.92. The second-order valence-electron chi connectivity index (χ2n) is 3.54. The van der Waals surface area contributed by atoms with Gasteiger partial charge < -0.3 is 5.11 Å². The summed E-state index contributed by atoms with van der Waals surface area (Å²) in [5.74, 6) is 0. The van der Waals surface area contributed by atoms with Crippen molar-refractivity contribution in [2.24, 2.45) is 0 Å². The predicted molar refractivity (Wildman–Crippen MR) is 63.7 cm³/mol. The van der Waals surface area contributed by atoms with E-state index in [0.29, 0.717) is 5.56 Å². The average molecular weight is 293 g/mol. The van der Waals surface area contributed by atoms with Crippen LogP contribution in [0.15, 0.2) is 24.3 Å². The molecule has 0 unspecified atom stereocenters. The number of hydrogen-bond donors (Lipinski definition) is 1. The molecular weight excluding hydrogens is 280 g/mol. The van der Waals surface area contributed by atoms with Crippen LogP contribution in [0.3, 0.4) is 0 Å². The molecule has 0 aromatic heterocycles. The van der Waals surface area contributed by atoms with Crippen LogP contribution >= 0.6 is 15.9 Å². The Bertz CT molecular complexity index is 424. The van der Waals surface area contributed by atoms with Gasteiger partial charge >= 0.3 is 0 Å². The highest BCUT2D eigenvalue weighted by Gasteiger charge is 2.26. The van der Waals surface area contributed by atoms with Crippen molar-refractivity contribution in [1.29, 1.82) is 0 Å². The van der Waals surface area contributed by atoms with Gasteiger partial charge in [0.1, 0.15) is 10.3 Å². The normalized spacial score (nSPS) is 16.0. The molecular formula is C10H13BrO3S. The summed E-state index contributed by atoms with van der Waals surface area (Å²) in [6.45, 7) is 1.93. The van der Waals surface area contributed by atoms with Gasteiger partial charge in [0.05, 0.1) is 0 Å². The molecule has 0 heterocycles. The largest absolute Gasteiger partial charge is 0.386 e. The van der Waals surface area contributed by atoms with Crippen LogP contribution in [0, 0.1) is 6.92 Å². The summed E-state index contributed by atoms with van der Waals surface area (Å²) in [7, 11) is -3.29. The van der Waals surface area contributed by atoms with E-state index in [9.17, 15) is 13.5 Å². The zero-order valence-electron chi connectivity index (χ0n) is 8.51. The fourth-order valence-electron chi connectivity index (χ4n) is 1.15. The molecule has 0 radical (unpaired) electrons. The van der Waals surface area contributed by atoms with Gasteiger partial charge in [-0.15, -0.1) is 0 Å². The maximum atomic E-state index is 11.2. The minimum absolute atomic E-state index is 0.591. The average Bonchev–Trinajstić information content (AvgIpc) is 2.15. The van der Waals surface area contributed by atoms with Crippen molar-refractivity contribution in [3.8, 4) is 0 Å². The number of hydrogen-bond acceptors (Lipinski definition) is 3. The number of halogens is 1. The molecule has 0 spiro atoms. The predicted octanol–water partition coefficient (Wildman–Crippen LogP) is 1.79. The Morgan fingerprint density at radius 1 is 1.27 bits per heavy atom. The quantitative estimate of drug-likeness (QED) is 0.865. The number of rotatable bonds is 3. The van der Waals surface area contributed by atoms with Crippen molar-refractivity contribution in [3.05, 3.63) is 35.4 Å². The van der Waals surface area contributed by atoms with Gasteiger partial charge in [-0.25, -0.2) is 8.42 Å². The van der Waals surface area contributed by atoms with Gasteiger partial charge in [-0.1, -0.05) is 45.8 Å². The molecule has 0 amide bonds. The van der Waals surface area contributed by atoms with Crippen molar-refractivity contribution < 1.29 is 13.5 Å². The van der Waals surface area contributed by atoms with Crippen LogP contribution in [0.5, 0.6) is 0 Å². The first-order chi connectivity index (χ1) is 6.82. The van der Waals surface area contributed by atoms with Gasteiger partial charge in [-0.2, -0.15) is 0 Å². The molecule has 0 aliphatic rings. The highest BCUT2D eigenvalue weighted by atomic mass is 79.9. The number of aryl methyl sites for hydroxylation is 1. The van der Waals surface area contributed by atoms with E-state index in [2.05, 4.69) is 15.9 Å². The minimum atomic E-state index is -3.29. The third-order valence-electron chi connectivity index (χ3n) is 2.08. The molecule has 84 valence electrons. The SMILES string of the molecule is Cc1ccc([C@H](O)[C@H](Br)S(C)(=O)=O)cc1. The van der Waals surface area contributed by atoms with Gasteiger partial charge in [0.15, 0.2) is 9.84 Å². The molecule has 5 heteroatoms. The number of aliphatic hydroxyl groups is 1. The monoisotopic (exact) mass is 292 g/mol. The van der Waals surface area contributed by atoms with E-state index in [1.807, 2.05) is 19.1 Å². The van der Waals surface area contributed by atoms with Crippen LogP contribution in [0.1, 0.15) is 17.2 Å². The molecule has 0 aliphatic heterocycles. The Labute approximate surface area is 98.2 Å². The second-order valence-corrected chi connectivity index (χ2v) is 7.30. The summed E-state index contributed by atoms with van der Waals surface area (Å²) in [4.78, 5) is 0. The number of aliphatic hydroxyl groups excluding tert-OH is 1. The maximum Gasteiger partial charge on any atom is 0.163 e. The Morgan fingerprint density at radius 2 is 1.73 bits per heavy atom. The van der Waals surface area contributed by atoms with Crippen LogP contribution in [-0.2, 0) is 9.84 Å². The summed E-state index contributed by atoms with van der Waals surface area (Å²) >= 11 is 2.98. The molecule has 1 N–H and O–H groups in total. The first kappa shape index (κ1) is 12.7. The van der Waals surface area contributed by atoms with Crippen molar-refractivity contribution in [2.75, 3.05) is 6.26 Å². The van der Waals surface area contributed by atoms with Crippen LogP contribution < -0.4 is 0 Å². The van der Waals surface area contributed by atoms with Gasteiger partial charge in [-0.3, -0.25) is 0 Å². The topological polar surface area (TPSA) is 54.4 Å². The zero-order valence-corrected chi connectivity index (χ0v) is 10.9. The molecule has 3 nitrogen and oxygen atoms in total. The number of benzene rings is 1. The molecule has 0 fully saturated rings. The Balaban J connectivity index is 2.95. The van der Waals surface area contributed by atoms with Gasteiger partial charge in [-0.05, 0) is 12.5 Å².